The van der Waals surface area contributed by atoms with Gasteiger partial charge in [0.2, 0.25) is 0 Å². The number of aromatic nitrogens is 5. The fraction of sp³-hybridized carbons (Fsp3) is 0.320. The Bertz CT molecular complexity index is 1370. The highest BCUT2D eigenvalue weighted by molar-refractivity contribution is 5.63. The average Bonchev–Trinajstić information content (AvgIpc) is 3.26. The minimum Gasteiger partial charge on any atom is -0.439 e. The van der Waals surface area contributed by atoms with Crippen molar-refractivity contribution in [1.29, 1.82) is 0 Å². The number of fused-ring (bicyclic) bond motifs is 2. The molecule has 0 radical (unpaired) electrons. The molecule has 0 saturated heterocycles. The molecule has 1 saturated carbocycles. The minimum atomic E-state index is -0.642. The number of hydrogen-bond donors (Lipinski definition) is 0. The van der Waals surface area contributed by atoms with Crippen molar-refractivity contribution in [3.63, 3.8) is 0 Å². The van der Waals surface area contributed by atoms with E-state index in [0.717, 1.165) is 48.3 Å². The second kappa shape index (κ2) is 7.23. The maximum atomic E-state index is 14.4. The van der Waals surface area contributed by atoms with Crippen LogP contribution in [0.4, 0.5) is 8.78 Å². The molecule has 3 heterocycles. The Morgan fingerprint density at radius 3 is 2.39 bits per heavy atom. The Morgan fingerprint density at radius 1 is 0.939 bits per heavy atom. The van der Waals surface area contributed by atoms with Crippen molar-refractivity contribution in [3.05, 3.63) is 76.8 Å². The van der Waals surface area contributed by atoms with Gasteiger partial charge in [-0.05, 0) is 62.3 Å². The van der Waals surface area contributed by atoms with Crippen molar-refractivity contribution in [1.82, 2.24) is 25.1 Å². The van der Waals surface area contributed by atoms with Crippen LogP contribution in [0.1, 0.15) is 60.1 Å². The van der Waals surface area contributed by atoms with E-state index in [-0.39, 0.29) is 11.3 Å². The first-order valence-corrected chi connectivity index (χ1v) is 11.1. The molecule has 3 aliphatic carbocycles. The molecular weight excluding hydrogens is 424 g/mol. The third kappa shape index (κ3) is 3.00. The first kappa shape index (κ1) is 20.1. The Kier molecular flexibility index (Phi) is 4.40. The molecule has 166 valence electrons. The maximum absolute atomic E-state index is 14.4. The van der Waals surface area contributed by atoms with Crippen LogP contribution in [0.25, 0.3) is 22.7 Å². The van der Waals surface area contributed by atoms with Gasteiger partial charge in [-0.2, -0.15) is 5.10 Å². The standard InChI is InChI=1S/C25H21F2N5O/c1-13-23(30-20(11-28-13)21-12-29-14(2)33-21)25-8-6-15(7-9-25)16-10-19(31-32-24(16)25)22-17(26)4-3-5-18(22)27/h3-5,10-12,15H,6-9H2,1-2H3/t15-,25+. The van der Waals surface area contributed by atoms with E-state index in [0.29, 0.717) is 23.3 Å². The van der Waals surface area contributed by atoms with E-state index in [2.05, 4.69) is 20.2 Å². The van der Waals surface area contributed by atoms with Crippen LogP contribution < -0.4 is 0 Å². The number of hydrogen-bond acceptors (Lipinski definition) is 6. The maximum Gasteiger partial charge on any atom is 0.191 e. The van der Waals surface area contributed by atoms with E-state index in [1.54, 1.807) is 19.3 Å². The third-order valence-corrected chi connectivity index (χ3v) is 7.06. The summed E-state index contributed by atoms with van der Waals surface area (Å²) in [6, 6.07) is 5.64. The van der Waals surface area contributed by atoms with Gasteiger partial charge in [-0.1, -0.05) is 6.07 Å². The lowest BCUT2D eigenvalue weighted by atomic mass is 9.58. The molecule has 1 aromatic carbocycles. The lowest BCUT2D eigenvalue weighted by molar-refractivity contribution is 0.262. The summed E-state index contributed by atoms with van der Waals surface area (Å²) in [5, 5.41) is 8.85. The summed E-state index contributed by atoms with van der Waals surface area (Å²) >= 11 is 0. The zero-order chi connectivity index (χ0) is 22.7. The predicted molar refractivity (Wildman–Crippen MR) is 116 cm³/mol. The van der Waals surface area contributed by atoms with Gasteiger partial charge in [0.15, 0.2) is 11.7 Å². The number of aryl methyl sites for hydroxylation is 2. The Labute approximate surface area is 189 Å². The average molecular weight is 445 g/mol. The van der Waals surface area contributed by atoms with E-state index < -0.39 is 17.0 Å². The summed E-state index contributed by atoms with van der Waals surface area (Å²) in [6.45, 7) is 3.73. The van der Waals surface area contributed by atoms with Crippen molar-refractivity contribution >= 4 is 0 Å². The smallest absolute Gasteiger partial charge is 0.191 e. The van der Waals surface area contributed by atoms with Gasteiger partial charge in [-0.3, -0.25) is 4.98 Å². The van der Waals surface area contributed by atoms with E-state index >= 15 is 0 Å². The minimum absolute atomic E-state index is 0.137. The molecule has 0 amide bonds. The van der Waals surface area contributed by atoms with Gasteiger partial charge in [-0.15, -0.1) is 5.10 Å². The van der Waals surface area contributed by atoms with Crippen molar-refractivity contribution in [2.75, 3.05) is 0 Å². The van der Waals surface area contributed by atoms with Crippen LogP contribution in [0.2, 0.25) is 0 Å². The molecule has 0 atom stereocenters. The van der Waals surface area contributed by atoms with Gasteiger partial charge >= 0.3 is 0 Å². The molecule has 0 unspecified atom stereocenters. The van der Waals surface area contributed by atoms with Crippen LogP contribution in [-0.2, 0) is 5.41 Å². The summed E-state index contributed by atoms with van der Waals surface area (Å²) in [4.78, 5) is 13.8. The molecule has 1 fully saturated rings. The van der Waals surface area contributed by atoms with Gasteiger partial charge in [0.1, 0.15) is 17.3 Å². The molecule has 7 rings (SSSR count). The van der Waals surface area contributed by atoms with E-state index in [1.165, 1.54) is 18.2 Å². The van der Waals surface area contributed by atoms with E-state index in [1.807, 2.05) is 13.0 Å². The molecule has 4 aromatic rings. The lowest BCUT2D eigenvalue weighted by Crippen LogP contribution is -2.41. The Hall–Kier alpha value is -3.55. The summed E-state index contributed by atoms with van der Waals surface area (Å²) in [5.41, 5.74) is 3.79. The Balaban J connectivity index is 1.51. The highest BCUT2D eigenvalue weighted by Gasteiger charge is 2.49. The zero-order valence-corrected chi connectivity index (χ0v) is 18.3. The molecule has 3 aliphatic rings. The molecular formula is C25H21F2N5O. The number of rotatable bonds is 3. The monoisotopic (exact) mass is 445 g/mol. The summed E-state index contributed by atoms with van der Waals surface area (Å²) in [5.74, 6) is 0.140. The molecule has 0 spiro atoms. The van der Waals surface area contributed by atoms with Crippen LogP contribution in [0.3, 0.4) is 0 Å². The number of oxazole rings is 1. The number of nitrogens with zero attached hydrogens (tertiary/aromatic N) is 5. The van der Waals surface area contributed by atoms with Gasteiger partial charge in [0.25, 0.3) is 0 Å². The fourth-order valence-corrected chi connectivity index (χ4v) is 5.46. The van der Waals surface area contributed by atoms with Gasteiger partial charge in [0, 0.05) is 6.92 Å². The highest BCUT2D eigenvalue weighted by atomic mass is 19.1. The topological polar surface area (TPSA) is 77.6 Å². The van der Waals surface area contributed by atoms with Gasteiger partial charge < -0.3 is 4.42 Å². The van der Waals surface area contributed by atoms with Crippen LogP contribution in [0.15, 0.2) is 41.1 Å². The Morgan fingerprint density at radius 2 is 1.70 bits per heavy atom. The van der Waals surface area contributed by atoms with Crippen molar-refractivity contribution in [2.24, 2.45) is 0 Å². The summed E-state index contributed by atoms with van der Waals surface area (Å²) < 4.78 is 34.5. The van der Waals surface area contributed by atoms with Crippen molar-refractivity contribution < 1.29 is 13.2 Å². The van der Waals surface area contributed by atoms with Gasteiger partial charge in [0.05, 0.1) is 46.1 Å². The van der Waals surface area contributed by atoms with Crippen molar-refractivity contribution in [3.8, 4) is 22.7 Å². The lowest BCUT2D eigenvalue weighted by Gasteiger charge is -2.46. The van der Waals surface area contributed by atoms with Gasteiger partial charge in [-0.25, -0.2) is 18.7 Å². The number of benzene rings is 1. The molecule has 0 aliphatic heterocycles. The third-order valence-electron chi connectivity index (χ3n) is 7.06. The van der Waals surface area contributed by atoms with Crippen LogP contribution in [-0.4, -0.2) is 25.1 Å². The first-order chi connectivity index (χ1) is 16.0. The van der Waals surface area contributed by atoms with Crippen LogP contribution in [0.5, 0.6) is 0 Å². The normalized spacial score (nSPS) is 21.3. The number of halogens is 2. The highest BCUT2D eigenvalue weighted by Crippen LogP contribution is 2.56. The SMILES string of the molecule is Cc1ncc(-c2cnc(C)c([C@]34CC[C@H](CC3)c3cc(-c5c(F)cccc5F)nnc34)n2)o1. The van der Waals surface area contributed by atoms with Crippen LogP contribution >= 0.6 is 0 Å². The fourth-order valence-electron chi connectivity index (χ4n) is 5.46. The second-order valence-electron chi connectivity index (χ2n) is 8.92. The largest absolute Gasteiger partial charge is 0.439 e. The molecule has 8 heteroatoms. The van der Waals surface area contributed by atoms with Crippen molar-refractivity contribution in [2.45, 2.75) is 50.9 Å². The molecule has 0 N–H and O–H groups in total. The quantitative estimate of drug-likeness (QED) is 0.418. The molecule has 2 bridgehead atoms. The molecule has 33 heavy (non-hydrogen) atoms. The van der Waals surface area contributed by atoms with Crippen LogP contribution in [0, 0.1) is 25.5 Å². The second-order valence-corrected chi connectivity index (χ2v) is 8.92. The predicted octanol–water partition coefficient (Wildman–Crippen LogP) is 5.44. The zero-order valence-electron chi connectivity index (χ0n) is 18.3. The first-order valence-electron chi connectivity index (χ1n) is 11.1. The molecule has 6 nitrogen and oxygen atoms in total. The van der Waals surface area contributed by atoms with E-state index in [9.17, 15) is 8.78 Å². The summed E-state index contributed by atoms with van der Waals surface area (Å²) in [6.07, 6.45) is 7.00. The molecule has 3 aromatic heterocycles. The van der Waals surface area contributed by atoms with E-state index in [4.69, 9.17) is 9.40 Å². The summed E-state index contributed by atoms with van der Waals surface area (Å²) in [7, 11) is 0.